The van der Waals surface area contributed by atoms with Gasteiger partial charge in [-0.15, -0.1) is 5.10 Å². The van der Waals surface area contributed by atoms with Crippen LogP contribution in [0.15, 0.2) is 42.5 Å². The van der Waals surface area contributed by atoms with Gasteiger partial charge in [0, 0.05) is 18.7 Å². The number of hydrogen-bond donors (Lipinski definition) is 1. The number of hydrogen-bond acceptors (Lipinski definition) is 5. The molecule has 0 saturated carbocycles. The number of nitro benzene ring substituents is 1. The average molecular weight is 423 g/mol. The Kier molecular flexibility index (Phi) is 5.49. The molecule has 0 bridgehead atoms. The lowest BCUT2D eigenvalue weighted by Gasteiger charge is -2.13. The molecule has 12 heteroatoms. The van der Waals surface area contributed by atoms with Crippen molar-refractivity contribution < 1.29 is 27.3 Å². The van der Waals surface area contributed by atoms with Gasteiger partial charge in [0.1, 0.15) is 5.82 Å². The summed E-state index contributed by atoms with van der Waals surface area (Å²) in [5.74, 6) is -1.85. The maximum atomic E-state index is 13.2. The Morgan fingerprint density at radius 1 is 1.23 bits per heavy atom. The molecule has 0 fully saturated rings. The minimum absolute atomic E-state index is 0.169. The first-order chi connectivity index (χ1) is 14.1. The van der Waals surface area contributed by atoms with E-state index in [1.165, 1.54) is 35.9 Å². The predicted octanol–water partition coefficient (Wildman–Crippen LogP) is 3.57. The van der Waals surface area contributed by atoms with Crippen molar-refractivity contribution in [3.8, 4) is 5.69 Å². The van der Waals surface area contributed by atoms with Crippen molar-refractivity contribution in [3.63, 3.8) is 0 Å². The van der Waals surface area contributed by atoms with Gasteiger partial charge >= 0.3 is 6.18 Å². The summed E-state index contributed by atoms with van der Waals surface area (Å²) in [5.41, 5.74) is -1.36. The third-order valence-electron chi connectivity index (χ3n) is 4.21. The standard InChI is InChI=1S/C18H13F4N5O3/c1-10-16(24-25-26(10)13-3-2-4-14(8-13)27(29)30)17(28)23-9-11-5-6-12(19)7-15(11)18(20,21)22/h2-8H,9H2,1H3,(H,23,28). The monoisotopic (exact) mass is 423 g/mol. The van der Waals surface area contributed by atoms with Crippen molar-refractivity contribution in [2.75, 3.05) is 0 Å². The molecule has 2 aromatic carbocycles. The number of alkyl halides is 3. The zero-order valence-electron chi connectivity index (χ0n) is 15.3. The zero-order valence-corrected chi connectivity index (χ0v) is 15.3. The van der Waals surface area contributed by atoms with E-state index in [9.17, 15) is 32.5 Å². The molecule has 0 spiro atoms. The molecule has 1 aromatic heterocycles. The lowest BCUT2D eigenvalue weighted by atomic mass is 10.1. The van der Waals surface area contributed by atoms with Crippen LogP contribution in [0.2, 0.25) is 0 Å². The quantitative estimate of drug-likeness (QED) is 0.384. The van der Waals surface area contributed by atoms with Crippen LogP contribution in [0.4, 0.5) is 23.2 Å². The molecule has 0 aliphatic rings. The van der Waals surface area contributed by atoms with Crippen LogP contribution in [-0.4, -0.2) is 25.8 Å². The van der Waals surface area contributed by atoms with Crippen molar-refractivity contribution in [1.82, 2.24) is 20.3 Å². The highest BCUT2D eigenvalue weighted by Crippen LogP contribution is 2.32. The highest BCUT2D eigenvalue weighted by Gasteiger charge is 2.34. The summed E-state index contributed by atoms with van der Waals surface area (Å²) < 4.78 is 53.6. The second-order valence-electron chi connectivity index (χ2n) is 6.19. The summed E-state index contributed by atoms with van der Waals surface area (Å²) in [6, 6.07) is 7.62. The number of amides is 1. The van der Waals surface area contributed by atoms with Gasteiger partial charge in [-0.05, 0) is 30.7 Å². The second-order valence-corrected chi connectivity index (χ2v) is 6.19. The van der Waals surface area contributed by atoms with Gasteiger partial charge < -0.3 is 5.32 Å². The van der Waals surface area contributed by atoms with Crippen LogP contribution in [0.1, 0.15) is 27.3 Å². The first kappa shape index (κ1) is 20.9. The van der Waals surface area contributed by atoms with Gasteiger partial charge in [-0.1, -0.05) is 17.3 Å². The second kappa shape index (κ2) is 7.89. The summed E-state index contributed by atoms with van der Waals surface area (Å²) in [5, 5.41) is 20.7. The molecule has 0 unspecified atom stereocenters. The van der Waals surface area contributed by atoms with Crippen LogP contribution in [0.3, 0.4) is 0 Å². The summed E-state index contributed by atoms with van der Waals surface area (Å²) in [4.78, 5) is 22.7. The van der Waals surface area contributed by atoms with Crippen LogP contribution in [-0.2, 0) is 12.7 Å². The molecule has 30 heavy (non-hydrogen) atoms. The summed E-state index contributed by atoms with van der Waals surface area (Å²) >= 11 is 0. The Morgan fingerprint density at radius 3 is 2.63 bits per heavy atom. The molecule has 1 N–H and O–H groups in total. The van der Waals surface area contributed by atoms with Crippen LogP contribution in [0, 0.1) is 22.9 Å². The summed E-state index contributed by atoms with van der Waals surface area (Å²) in [7, 11) is 0. The number of carbonyl (C=O) groups is 1. The Morgan fingerprint density at radius 2 is 1.97 bits per heavy atom. The van der Waals surface area contributed by atoms with Gasteiger partial charge in [-0.3, -0.25) is 14.9 Å². The molecule has 1 heterocycles. The van der Waals surface area contributed by atoms with Crippen molar-refractivity contribution in [2.24, 2.45) is 0 Å². The Balaban J connectivity index is 1.82. The molecule has 156 valence electrons. The van der Waals surface area contributed by atoms with E-state index in [2.05, 4.69) is 15.6 Å². The van der Waals surface area contributed by atoms with Gasteiger partial charge in [0.15, 0.2) is 5.69 Å². The van der Waals surface area contributed by atoms with E-state index in [0.717, 1.165) is 12.1 Å². The average Bonchev–Trinajstić information content (AvgIpc) is 3.07. The fourth-order valence-corrected chi connectivity index (χ4v) is 2.75. The SMILES string of the molecule is Cc1c(C(=O)NCc2ccc(F)cc2C(F)(F)F)nnn1-c1cccc([N+](=O)[O-])c1. The lowest BCUT2D eigenvalue weighted by Crippen LogP contribution is -2.25. The number of rotatable bonds is 5. The molecule has 1 amide bonds. The van der Waals surface area contributed by atoms with Crippen molar-refractivity contribution in [3.05, 3.63) is 80.9 Å². The summed E-state index contributed by atoms with van der Waals surface area (Å²) in [6.07, 6.45) is -4.79. The van der Waals surface area contributed by atoms with E-state index in [1.807, 2.05) is 0 Å². The van der Waals surface area contributed by atoms with E-state index in [1.54, 1.807) is 0 Å². The highest BCUT2D eigenvalue weighted by molar-refractivity contribution is 5.93. The molecule has 0 radical (unpaired) electrons. The number of carbonyl (C=O) groups excluding carboxylic acids is 1. The first-order valence-electron chi connectivity index (χ1n) is 8.39. The Hall–Kier alpha value is -3.83. The van der Waals surface area contributed by atoms with Crippen LogP contribution in [0.25, 0.3) is 5.69 Å². The molecule has 0 atom stereocenters. The topological polar surface area (TPSA) is 103 Å². The number of aromatic nitrogens is 3. The van der Waals surface area contributed by atoms with Crippen LogP contribution >= 0.6 is 0 Å². The largest absolute Gasteiger partial charge is 0.416 e. The molecular formula is C18H13F4N5O3. The maximum Gasteiger partial charge on any atom is 0.416 e. The van der Waals surface area contributed by atoms with Gasteiger partial charge in [-0.25, -0.2) is 9.07 Å². The van der Waals surface area contributed by atoms with E-state index >= 15 is 0 Å². The van der Waals surface area contributed by atoms with Crippen LogP contribution in [0.5, 0.6) is 0 Å². The Bertz CT molecular complexity index is 1130. The number of nitrogens with zero attached hydrogens (tertiary/aromatic N) is 4. The molecular weight excluding hydrogens is 410 g/mol. The minimum atomic E-state index is -4.79. The van der Waals surface area contributed by atoms with Gasteiger partial charge in [0.25, 0.3) is 11.6 Å². The fourth-order valence-electron chi connectivity index (χ4n) is 2.75. The third kappa shape index (κ3) is 4.26. The molecule has 8 nitrogen and oxygen atoms in total. The van der Waals surface area contributed by atoms with Crippen molar-refractivity contribution in [1.29, 1.82) is 0 Å². The molecule has 0 aliphatic carbocycles. The van der Waals surface area contributed by atoms with Crippen LogP contribution < -0.4 is 5.32 Å². The molecule has 3 rings (SSSR count). The van der Waals surface area contributed by atoms with Crippen molar-refractivity contribution in [2.45, 2.75) is 19.6 Å². The highest BCUT2D eigenvalue weighted by atomic mass is 19.4. The number of nitrogens with one attached hydrogen (secondary N) is 1. The number of benzene rings is 2. The van der Waals surface area contributed by atoms with Crippen molar-refractivity contribution >= 4 is 11.6 Å². The molecule has 0 aliphatic heterocycles. The summed E-state index contributed by atoms with van der Waals surface area (Å²) in [6.45, 7) is 0.962. The molecule has 0 saturated heterocycles. The van der Waals surface area contributed by atoms with E-state index in [-0.39, 0.29) is 28.3 Å². The minimum Gasteiger partial charge on any atom is -0.346 e. The number of nitro groups is 1. The lowest BCUT2D eigenvalue weighted by molar-refractivity contribution is -0.384. The first-order valence-corrected chi connectivity index (χ1v) is 8.39. The maximum absolute atomic E-state index is 13.2. The number of non-ortho nitro benzene ring substituents is 1. The van der Waals surface area contributed by atoms with Gasteiger partial charge in [0.05, 0.1) is 21.9 Å². The Labute approximate surface area is 166 Å². The van der Waals surface area contributed by atoms with E-state index < -0.39 is 34.9 Å². The zero-order chi connectivity index (χ0) is 22.1. The van der Waals surface area contributed by atoms with E-state index in [4.69, 9.17) is 0 Å². The smallest absolute Gasteiger partial charge is 0.346 e. The van der Waals surface area contributed by atoms with Gasteiger partial charge in [0.2, 0.25) is 0 Å². The van der Waals surface area contributed by atoms with E-state index in [0.29, 0.717) is 6.07 Å². The normalized spacial score (nSPS) is 11.4. The predicted molar refractivity (Wildman–Crippen MR) is 95.3 cm³/mol. The molecule has 3 aromatic rings. The third-order valence-corrected chi connectivity index (χ3v) is 4.21. The number of halogens is 4. The van der Waals surface area contributed by atoms with Gasteiger partial charge in [-0.2, -0.15) is 13.2 Å². The fraction of sp³-hybridized carbons (Fsp3) is 0.167.